The molecule has 1 aliphatic rings. The molecule has 1 aromatic rings. The quantitative estimate of drug-likeness (QED) is 0.696. The van der Waals surface area contributed by atoms with E-state index in [0.29, 0.717) is 13.0 Å². The second kappa shape index (κ2) is 4.10. The van der Waals surface area contributed by atoms with Crippen LogP contribution >= 0.6 is 0 Å². The second-order valence-corrected chi connectivity index (χ2v) is 3.98. The Morgan fingerprint density at radius 3 is 2.41 bits per heavy atom. The van der Waals surface area contributed by atoms with Crippen LogP contribution in [0.25, 0.3) is 0 Å². The first-order valence-corrected chi connectivity index (χ1v) is 5.27. The minimum absolute atomic E-state index is 0.277. The lowest BCUT2D eigenvalue weighted by Crippen LogP contribution is -2.31. The summed E-state index contributed by atoms with van der Waals surface area (Å²) in [7, 11) is 0. The van der Waals surface area contributed by atoms with Crippen LogP contribution in [0.3, 0.4) is 0 Å². The average molecular weight is 232 g/mol. The molecule has 17 heavy (non-hydrogen) atoms. The first-order valence-electron chi connectivity index (χ1n) is 5.27. The van der Waals surface area contributed by atoms with Crippen LogP contribution in [-0.4, -0.2) is 24.0 Å². The maximum Gasteiger partial charge on any atom is 0.236 e. The molecule has 88 valence electrons. The van der Waals surface area contributed by atoms with E-state index in [4.69, 9.17) is 11.5 Å². The van der Waals surface area contributed by atoms with Gasteiger partial charge in [-0.3, -0.25) is 14.4 Å². The van der Waals surface area contributed by atoms with Gasteiger partial charge in [-0.05, 0) is 24.6 Å². The van der Waals surface area contributed by atoms with Gasteiger partial charge in [-0.1, -0.05) is 12.1 Å². The summed E-state index contributed by atoms with van der Waals surface area (Å²) < 4.78 is 0. The van der Waals surface area contributed by atoms with Crippen LogP contribution in [0.1, 0.15) is 26.3 Å². The van der Waals surface area contributed by atoms with Crippen molar-refractivity contribution in [3.05, 3.63) is 34.9 Å². The maximum atomic E-state index is 11.9. The lowest BCUT2D eigenvalue weighted by Gasteiger charge is -2.01. The number of ketones is 2. The second-order valence-electron chi connectivity index (χ2n) is 3.98. The zero-order valence-electron chi connectivity index (χ0n) is 9.10. The first-order chi connectivity index (χ1) is 8.06. The van der Waals surface area contributed by atoms with E-state index in [2.05, 4.69) is 0 Å². The monoisotopic (exact) mass is 232 g/mol. The number of carbonyl (C=O) groups is 3. The van der Waals surface area contributed by atoms with Gasteiger partial charge in [0.25, 0.3) is 0 Å². The fraction of sp³-hybridized carbons (Fsp3) is 0.250. The summed E-state index contributed by atoms with van der Waals surface area (Å²) in [5, 5.41) is 0. The van der Waals surface area contributed by atoms with Gasteiger partial charge in [-0.2, -0.15) is 0 Å². The van der Waals surface area contributed by atoms with E-state index >= 15 is 0 Å². The molecule has 2 rings (SSSR count). The number of hydrogen-bond acceptors (Lipinski definition) is 4. The van der Waals surface area contributed by atoms with E-state index in [1.165, 1.54) is 0 Å². The fourth-order valence-electron chi connectivity index (χ4n) is 2.02. The van der Waals surface area contributed by atoms with Gasteiger partial charge in [-0.25, -0.2) is 0 Å². The van der Waals surface area contributed by atoms with Crippen molar-refractivity contribution in [1.82, 2.24) is 0 Å². The highest BCUT2D eigenvalue weighted by Crippen LogP contribution is 2.27. The summed E-state index contributed by atoms with van der Waals surface area (Å²) in [6, 6.07) is 4.91. The lowest BCUT2D eigenvalue weighted by atomic mass is 10.0. The highest BCUT2D eigenvalue weighted by Gasteiger charge is 2.42. The maximum absolute atomic E-state index is 11.9. The summed E-state index contributed by atoms with van der Waals surface area (Å²) in [5.41, 5.74) is 11.9. The van der Waals surface area contributed by atoms with Gasteiger partial charge in [0, 0.05) is 11.1 Å². The van der Waals surface area contributed by atoms with Crippen molar-refractivity contribution < 1.29 is 14.4 Å². The lowest BCUT2D eigenvalue weighted by molar-refractivity contribution is -0.119. The van der Waals surface area contributed by atoms with Gasteiger partial charge >= 0.3 is 0 Å². The third kappa shape index (κ3) is 1.74. The number of carbonyl (C=O) groups excluding carboxylic acids is 3. The molecule has 1 unspecified atom stereocenters. The van der Waals surface area contributed by atoms with Gasteiger partial charge < -0.3 is 11.5 Å². The van der Waals surface area contributed by atoms with Crippen molar-refractivity contribution in [3.8, 4) is 0 Å². The predicted molar refractivity (Wildman–Crippen MR) is 60.5 cm³/mol. The predicted octanol–water partition coefficient (Wildman–Crippen LogP) is -0.332. The number of nitrogens with two attached hydrogens (primary N) is 2. The van der Waals surface area contributed by atoms with Crippen molar-refractivity contribution >= 4 is 17.5 Å². The van der Waals surface area contributed by atoms with E-state index in [1.54, 1.807) is 18.2 Å². The normalized spacial score (nSPS) is 18.3. The molecule has 0 saturated heterocycles. The van der Waals surface area contributed by atoms with Crippen LogP contribution in [0, 0.1) is 5.92 Å². The highest BCUT2D eigenvalue weighted by atomic mass is 16.2. The van der Waals surface area contributed by atoms with Crippen LogP contribution in [0.5, 0.6) is 0 Å². The molecule has 0 saturated carbocycles. The summed E-state index contributed by atoms with van der Waals surface area (Å²) in [5.74, 6) is -3.25. The van der Waals surface area contributed by atoms with Crippen LogP contribution in [0.2, 0.25) is 0 Å². The van der Waals surface area contributed by atoms with E-state index in [1.807, 2.05) is 0 Å². The standard InChI is InChI=1S/C12H12N2O3/c13-4-3-6-1-2-7-8(5-6)11(16)9(10(7)15)12(14)17/h1-2,5,9H,3-4,13H2,(H2,14,17). The molecule has 0 aromatic heterocycles. The van der Waals surface area contributed by atoms with E-state index in [9.17, 15) is 14.4 Å². The Bertz CT molecular complexity index is 522. The van der Waals surface area contributed by atoms with Crippen molar-refractivity contribution in [2.24, 2.45) is 17.4 Å². The number of benzene rings is 1. The molecule has 1 amide bonds. The molecule has 0 heterocycles. The van der Waals surface area contributed by atoms with Gasteiger partial charge in [0.1, 0.15) is 0 Å². The number of hydrogen-bond donors (Lipinski definition) is 2. The van der Waals surface area contributed by atoms with Crippen molar-refractivity contribution in [2.75, 3.05) is 6.54 Å². The SMILES string of the molecule is NCCc1ccc2c(c1)C(=O)C(C(N)=O)C2=O. The Balaban J connectivity index is 2.47. The van der Waals surface area contributed by atoms with Gasteiger partial charge in [0.2, 0.25) is 5.91 Å². The molecular weight excluding hydrogens is 220 g/mol. The van der Waals surface area contributed by atoms with Crippen molar-refractivity contribution in [2.45, 2.75) is 6.42 Å². The van der Waals surface area contributed by atoms with Crippen LogP contribution in [0.4, 0.5) is 0 Å². The number of amides is 1. The molecule has 1 aliphatic carbocycles. The zero-order valence-corrected chi connectivity index (χ0v) is 9.10. The van der Waals surface area contributed by atoms with Gasteiger partial charge in [0.05, 0.1) is 0 Å². The number of Topliss-reactive ketones (excluding diaryl/α,β-unsaturated/α-hetero) is 2. The molecule has 4 N–H and O–H groups in total. The fourth-order valence-corrected chi connectivity index (χ4v) is 2.02. The van der Waals surface area contributed by atoms with Crippen LogP contribution in [-0.2, 0) is 11.2 Å². The minimum atomic E-state index is -1.35. The Labute approximate surface area is 97.8 Å². The number of primary amides is 1. The number of fused-ring (bicyclic) bond motifs is 1. The third-order valence-electron chi connectivity index (χ3n) is 2.86. The summed E-state index contributed by atoms with van der Waals surface area (Å²) in [6.45, 7) is 0.459. The summed E-state index contributed by atoms with van der Waals surface area (Å²) in [4.78, 5) is 34.7. The molecule has 1 atom stereocenters. The third-order valence-corrected chi connectivity index (χ3v) is 2.86. The molecule has 1 aromatic carbocycles. The summed E-state index contributed by atoms with van der Waals surface area (Å²) in [6.07, 6.45) is 0.621. The molecule has 0 aliphatic heterocycles. The molecule has 5 heteroatoms. The first kappa shape index (κ1) is 11.5. The molecule has 0 spiro atoms. The van der Waals surface area contributed by atoms with Crippen molar-refractivity contribution in [3.63, 3.8) is 0 Å². The largest absolute Gasteiger partial charge is 0.369 e. The Morgan fingerprint density at radius 2 is 1.82 bits per heavy atom. The Hall–Kier alpha value is -2.01. The molecule has 5 nitrogen and oxygen atoms in total. The summed E-state index contributed by atoms with van der Waals surface area (Å²) >= 11 is 0. The minimum Gasteiger partial charge on any atom is -0.369 e. The Morgan fingerprint density at radius 1 is 1.18 bits per heavy atom. The smallest absolute Gasteiger partial charge is 0.236 e. The van der Waals surface area contributed by atoms with E-state index in [0.717, 1.165) is 5.56 Å². The molecule has 0 bridgehead atoms. The molecule has 0 fully saturated rings. The van der Waals surface area contributed by atoms with Crippen LogP contribution < -0.4 is 11.5 Å². The van der Waals surface area contributed by atoms with Crippen molar-refractivity contribution in [1.29, 1.82) is 0 Å². The van der Waals surface area contributed by atoms with Gasteiger partial charge in [0.15, 0.2) is 17.5 Å². The zero-order chi connectivity index (χ0) is 12.6. The average Bonchev–Trinajstić information content (AvgIpc) is 2.52. The van der Waals surface area contributed by atoms with E-state index < -0.39 is 23.4 Å². The van der Waals surface area contributed by atoms with Crippen LogP contribution in [0.15, 0.2) is 18.2 Å². The topological polar surface area (TPSA) is 103 Å². The Kier molecular flexibility index (Phi) is 2.77. The number of rotatable bonds is 3. The molecule has 0 radical (unpaired) electrons. The van der Waals surface area contributed by atoms with Gasteiger partial charge in [-0.15, -0.1) is 0 Å². The highest BCUT2D eigenvalue weighted by molar-refractivity contribution is 6.35. The van der Waals surface area contributed by atoms with E-state index in [-0.39, 0.29) is 11.1 Å². The molecular formula is C12H12N2O3.